The molecule has 0 spiro atoms. The van der Waals surface area contributed by atoms with Crippen LogP contribution < -0.4 is 5.32 Å². The first-order valence-corrected chi connectivity index (χ1v) is 6.33. The molecule has 1 atom stereocenters. The summed E-state index contributed by atoms with van der Waals surface area (Å²) in [6.07, 6.45) is 2.85. The molecule has 2 nitrogen and oxygen atoms in total. The van der Waals surface area contributed by atoms with Crippen LogP contribution in [0.25, 0.3) is 0 Å². The van der Waals surface area contributed by atoms with E-state index in [4.69, 9.17) is 5.11 Å². The molecule has 0 aromatic carbocycles. The van der Waals surface area contributed by atoms with E-state index < -0.39 is 12.5 Å². The molecule has 96 valence electrons. The van der Waals surface area contributed by atoms with Crippen LogP contribution in [0.15, 0.2) is 0 Å². The molecule has 0 heterocycles. The average Bonchev–Trinajstić information content (AvgIpc) is 2.28. The van der Waals surface area contributed by atoms with Gasteiger partial charge >= 0.3 is 0 Å². The van der Waals surface area contributed by atoms with Gasteiger partial charge in [-0.2, -0.15) is 0 Å². The van der Waals surface area contributed by atoms with Crippen LogP contribution in [-0.2, 0) is 0 Å². The second kappa shape index (κ2) is 7.17. The fourth-order valence-electron chi connectivity index (χ4n) is 2.44. The molecule has 16 heavy (non-hydrogen) atoms. The molecule has 1 rings (SSSR count). The fourth-order valence-corrected chi connectivity index (χ4v) is 2.44. The summed E-state index contributed by atoms with van der Waals surface area (Å²) in [5, 5.41) is 12.0. The highest BCUT2D eigenvalue weighted by Crippen LogP contribution is 2.27. The van der Waals surface area contributed by atoms with E-state index in [0.717, 1.165) is 18.8 Å². The van der Waals surface area contributed by atoms with E-state index in [2.05, 4.69) is 12.2 Å². The van der Waals surface area contributed by atoms with Crippen molar-refractivity contribution in [1.29, 1.82) is 0 Å². The first-order valence-electron chi connectivity index (χ1n) is 6.33. The predicted molar refractivity (Wildman–Crippen MR) is 60.7 cm³/mol. The third kappa shape index (κ3) is 4.74. The lowest BCUT2D eigenvalue weighted by Crippen LogP contribution is -2.40. The third-order valence-electron chi connectivity index (χ3n) is 3.45. The second-order valence-electron chi connectivity index (χ2n) is 4.82. The van der Waals surface area contributed by atoms with Gasteiger partial charge in [0.25, 0.3) is 6.43 Å². The quantitative estimate of drug-likeness (QED) is 0.741. The number of hydrogen-bond acceptors (Lipinski definition) is 2. The Morgan fingerprint density at radius 1 is 1.25 bits per heavy atom. The summed E-state index contributed by atoms with van der Waals surface area (Å²) in [5.74, 6) is 0.822. The molecule has 1 aliphatic rings. The summed E-state index contributed by atoms with van der Waals surface area (Å²) >= 11 is 0. The molecule has 0 radical (unpaired) electrons. The highest BCUT2D eigenvalue weighted by atomic mass is 19.3. The Morgan fingerprint density at radius 3 is 2.38 bits per heavy atom. The Morgan fingerprint density at radius 2 is 1.88 bits per heavy atom. The highest BCUT2D eigenvalue weighted by molar-refractivity contribution is 4.78. The summed E-state index contributed by atoms with van der Waals surface area (Å²) in [4.78, 5) is 0. The maximum absolute atomic E-state index is 12.1. The molecule has 0 bridgehead atoms. The SMILES string of the molecule is CCCC1CCC(NCC(O)C(F)F)CC1. The van der Waals surface area contributed by atoms with Crippen molar-refractivity contribution in [2.75, 3.05) is 6.54 Å². The molecule has 0 saturated heterocycles. The first kappa shape index (κ1) is 13.8. The van der Waals surface area contributed by atoms with Crippen molar-refractivity contribution in [3.63, 3.8) is 0 Å². The number of rotatable bonds is 6. The minimum atomic E-state index is -2.64. The standard InChI is InChI=1S/C12H23F2NO/c1-2-3-9-4-6-10(7-5-9)15-8-11(16)12(13)14/h9-12,15-16H,2-8H2,1H3. The van der Waals surface area contributed by atoms with Crippen molar-refractivity contribution in [2.45, 2.75) is 64.0 Å². The molecule has 2 N–H and O–H groups in total. The summed E-state index contributed by atoms with van der Waals surface area (Å²) in [5.41, 5.74) is 0. The van der Waals surface area contributed by atoms with Crippen LogP contribution in [0, 0.1) is 5.92 Å². The van der Waals surface area contributed by atoms with E-state index >= 15 is 0 Å². The highest BCUT2D eigenvalue weighted by Gasteiger charge is 2.22. The van der Waals surface area contributed by atoms with Crippen molar-refractivity contribution in [3.8, 4) is 0 Å². The van der Waals surface area contributed by atoms with Gasteiger partial charge in [0.15, 0.2) is 0 Å². The molecule has 1 fully saturated rings. The molecule has 0 amide bonds. The third-order valence-corrected chi connectivity index (χ3v) is 3.45. The maximum atomic E-state index is 12.1. The Labute approximate surface area is 96.4 Å². The van der Waals surface area contributed by atoms with Gasteiger partial charge in [0.05, 0.1) is 0 Å². The smallest absolute Gasteiger partial charge is 0.265 e. The van der Waals surface area contributed by atoms with E-state index in [-0.39, 0.29) is 6.54 Å². The molecule has 4 heteroatoms. The molecule has 0 aliphatic heterocycles. The van der Waals surface area contributed by atoms with Gasteiger partial charge in [-0.25, -0.2) is 8.78 Å². The van der Waals surface area contributed by atoms with Crippen LogP contribution in [0.3, 0.4) is 0 Å². The van der Waals surface area contributed by atoms with Crippen molar-refractivity contribution >= 4 is 0 Å². The molecular weight excluding hydrogens is 212 g/mol. The van der Waals surface area contributed by atoms with Crippen LogP contribution in [0.4, 0.5) is 8.78 Å². The second-order valence-corrected chi connectivity index (χ2v) is 4.82. The lowest BCUT2D eigenvalue weighted by molar-refractivity contribution is -0.00543. The molecular formula is C12H23F2NO. The summed E-state index contributed by atoms with van der Waals surface area (Å²) in [6, 6.07) is 0.321. The molecule has 0 aromatic heterocycles. The van der Waals surface area contributed by atoms with Gasteiger partial charge in [-0.05, 0) is 31.6 Å². The van der Waals surface area contributed by atoms with Crippen LogP contribution in [0.5, 0.6) is 0 Å². The van der Waals surface area contributed by atoms with Gasteiger partial charge in [0.1, 0.15) is 6.10 Å². The Balaban J connectivity index is 2.12. The van der Waals surface area contributed by atoms with Crippen molar-refractivity contribution < 1.29 is 13.9 Å². The summed E-state index contributed by atoms with van der Waals surface area (Å²) in [6.45, 7) is 2.21. The average molecular weight is 235 g/mol. The number of nitrogens with one attached hydrogen (secondary N) is 1. The van der Waals surface area contributed by atoms with Gasteiger partial charge in [-0.15, -0.1) is 0 Å². The van der Waals surface area contributed by atoms with E-state index in [9.17, 15) is 8.78 Å². The summed E-state index contributed by atoms with van der Waals surface area (Å²) < 4.78 is 24.1. The number of halogens is 2. The van der Waals surface area contributed by atoms with E-state index in [1.54, 1.807) is 0 Å². The number of hydrogen-bond donors (Lipinski definition) is 2. The van der Waals surface area contributed by atoms with E-state index in [1.165, 1.54) is 25.7 Å². The molecule has 1 aliphatic carbocycles. The van der Waals surface area contributed by atoms with Crippen LogP contribution in [-0.4, -0.2) is 30.2 Å². The van der Waals surface area contributed by atoms with Gasteiger partial charge in [-0.1, -0.05) is 19.8 Å². The van der Waals surface area contributed by atoms with E-state index in [1.807, 2.05) is 0 Å². The van der Waals surface area contributed by atoms with Crippen molar-refractivity contribution in [3.05, 3.63) is 0 Å². The Bertz CT molecular complexity index is 182. The monoisotopic (exact) mass is 235 g/mol. The maximum Gasteiger partial charge on any atom is 0.265 e. The largest absolute Gasteiger partial charge is 0.386 e. The van der Waals surface area contributed by atoms with Crippen molar-refractivity contribution in [2.24, 2.45) is 5.92 Å². The van der Waals surface area contributed by atoms with Crippen molar-refractivity contribution in [1.82, 2.24) is 5.32 Å². The van der Waals surface area contributed by atoms with Gasteiger partial charge in [-0.3, -0.25) is 0 Å². The zero-order valence-electron chi connectivity index (χ0n) is 9.96. The normalized spacial score (nSPS) is 28.3. The van der Waals surface area contributed by atoms with Crippen LogP contribution >= 0.6 is 0 Å². The number of alkyl halides is 2. The minimum absolute atomic E-state index is 0.0147. The topological polar surface area (TPSA) is 32.3 Å². The Hall–Kier alpha value is -0.220. The lowest BCUT2D eigenvalue weighted by atomic mass is 9.83. The molecule has 0 aromatic rings. The zero-order chi connectivity index (χ0) is 12.0. The number of aliphatic hydroxyl groups excluding tert-OH is 1. The first-order chi connectivity index (χ1) is 7.63. The summed E-state index contributed by atoms with van der Waals surface area (Å²) in [7, 11) is 0. The van der Waals surface area contributed by atoms with Gasteiger partial charge in [0.2, 0.25) is 0 Å². The lowest BCUT2D eigenvalue weighted by Gasteiger charge is -2.29. The van der Waals surface area contributed by atoms with Crippen LogP contribution in [0.1, 0.15) is 45.4 Å². The zero-order valence-corrected chi connectivity index (χ0v) is 9.96. The Kier molecular flexibility index (Phi) is 6.21. The molecule has 1 unspecified atom stereocenters. The fraction of sp³-hybridized carbons (Fsp3) is 1.00. The minimum Gasteiger partial charge on any atom is -0.386 e. The van der Waals surface area contributed by atoms with E-state index in [0.29, 0.717) is 6.04 Å². The molecule has 1 saturated carbocycles. The van der Waals surface area contributed by atoms with Gasteiger partial charge in [0, 0.05) is 12.6 Å². The van der Waals surface area contributed by atoms with Crippen LogP contribution in [0.2, 0.25) is 0 Å². The number of aliphatic hydroxyl groups is 1. The predicted octanol–water partition coefficient (Wildman–Crippen LogP) is 2.56. The van der Waals surface area contributed by atoms with Gasteiger partial charge < -0.3 is 10.4 Å².